The number of aromatic nitrogens is 3. The van der Waals surface area contributed by atoms with E-state index < -0.39 is 17.2 Å². The molecular weight excluding hydrogens is 422 g/mol. The predicted molar refractivity (Wildman–Crippen MR) is 128 cm³/mol. The van der Waals surface area contributed by atoms with E-state index in [0.29, 0.717) is 37.6 Å². The molecule has 9 nitrogen and oxygen atoms in total. The SMILES string of the molecule is CCCn1c(=O)[nH]c(=O)c2c(C(=O)Nc3cccc(N4CCOCC4)c3)cc(C(C)C)nc21. The average Bonchev–Trinajstić information content (AvgIpc) is 2.81. The van der Waals surface area contributed by atoms with E-state index in [-0.39, 0.29) is 22.5 Å². The summed E-state index contributed by atoms with van der Waals surface area (Å²) < 4.78 is 6.85. The molecule has 0 aliphatic carbocycles. The van der Waals surface area contributed by atoms with Gasteiger partial charge in [-0.05, 0) is 36.6 Å². The summed E-state index contributed by atoms with van der Waals surface area (Å²) in [5.74, 6) is -0.411. The van der Waals surface area contributed by atoms with Crippen LogP contribution in [0.25, 0.3) is 11.0 Å². The van der Waals surface area contributed by atoms with Gasteiger partial charge >= 0.3 is 5.69 Å². The van der Waals surface area contributed by atoms with E-state index in [4.69, 9.17) is 4.74 Å². The molecule has 33 heavy (non-hydrogen) atoms. The summed E-state index contributed by atoms with van der Waals surface area (Å²) in [5.41, 5.74) is 1.57. The Bertz CT molecular complexity index is 1290. The molecule has 3 heterocycles. The van der Waals surface area contributed by atoms with Gasteiger partial charge in [-0.2, -0.15) is 0 Å². The Labute approximate surface area is 191 Å². The van der Waals surface area contributed by atoms with Gasteiger partial charge in [0, 0.05) is 36.7 Å². The van der Waals surface area contributed by atoms with Crippen molar-refractivity contribution < 1.29 is 9.53 Å². The molecule has 3 aromatic rings. The summed E-state index contributed by atoms with van der Waals surface area (Å²) in [6, 6.07) is 9.24. The number of nitrogens with zero attached hydrogens (tertiary/aromatic N) is 3. The van der Waals surface area contributed by atoms with Crippen molar-refractivity contribution in [2.75, 3.05) is 36.5 Å². The van der Waals surface area contributed by atoms with E-state index in [0.717, 1.165) is 18.8 Å². The fraction of sp³-hybridized carbons (Fsp3) is 0.417. The largest absolute Gasteiger partial charge is 0.378 e. The summed E-state index contributed by atoms with van der Waals surface area (Å²) in [6.45, 7) is 9.14. The first-order chi connectivity index (χ1) is 15.9. The molecule has 1 aromatic carbocycles. The molecule has 0 atom stereocenters. The second kappa shape index (κ2) is 9.58. The van der Waals surface area contributed by atoms with Crippen LogP contribution in [-0.2, 0) is 11.3 Å². The van der Waals surface area contributed by atoms with Crippen molar-refractivity contribution >= 4 is 28.3 Å². The van der Waals surface area contributed by atoms with Gasteiger partial charge < -0.3 is 15.0 Å². The van der Waals surface area contributed by atoms with Crippen LogP contribution < -0.4 is 21.5 Å². The highest BCUT2D eigenvalue weighted by atomic mass is 16.5. The number of rotatable bonds is 6. The molecule has 9 heteroatoms. The van der Waals surface area contributed by atoms with E-state index in [1.807, 2.05) is 45.0 Å². The molecule has 1 aliphatic heterocycles. The number of pyridine rings is 1. The first-order valence-corrected chi connectivity index (χ1v) is 11.3. The van der Waals surface area contributed by atoms with Gasteiger partial charge in [-0.3, -0.25) is 19.1 Å². The van der Waals surface area contributed by atoms with E-state index in [1.165, 1.54) is 4.57 Å². The van der Waals surface area contributed by atoms with Crippen LogP contribution in [0.4, 0.5) is 11.4 Å². The van der Waals surface area contributed by atoms with Crippen LogP contribution in [-0.4, -0.2) is 46.7 Å². The molecular formula is C24H29N5O4. The molecule has 1 amide bonds. The zero-order valence-electron chi connectivity index (χ0n) is 19.2. The number of carbonyl (C=O) groups is 1. The zero-order chi connectivity index (χ0) is 23.5. The highest BCUT2D eigenvalue weighted by Gasteiger charge is 2.21. The molecule has 2 aromatic heterocycles. The van der Waals surface area contributed by atoms with Crippen LogP contribution in [0.1, 0.15) is 49.2 Å². The van der Waals surface area contributed by atoms with Crippen LogP contribution in [0.5, 0.6) is 0 Å². The van der Waals surface area contributed by atoms with E-state index in [2.05, 4.69) is 20.2 Å². The maximum atomic E-state index is 13.4. The molecule has 0 spiro atoms. The summed E-state index contributed by atoms with van der Waals surface area (Å²) in [4.78, 5) is 47.7. The predicted octanol–water partition coefficient (Wildman–Crippen LogP) is 2.71. The summed E-state index contributed by atoms with van der Waals surface area (Å²) in [5, 5.41) is 3.04. The Balaban J connectivity index is 1.77. The molecule has 2 N–H and O–H groups in total. The normalized spacial score (nSPS) is 14.1. The van der Waals surface area contributed by atoms with Crippen molar-refractivity contribution in [1.82, 2.24) is 14.5 Å². The Hall–Kier alpha value is -3.46. The number of hydrogen-bond donors (Lipinski definition) is 2. The molecule has 0 bridgehead atoms. The maximum absolute atomic E-state index is 13.4. The smallest absolute Gasteiger partial charge is 0.329 e. The molecule has 0 saturated carbocycles. The van der Waals surface area contributed by atoms with Gasteiger partial charge in [-0.1, -0.05) is 26.8 Å². The molecule has 0 radical (unpaired) electrons. The number of ether oxygens (including phenoxy) is 1. The highest BCUT2D eigenvalue weighted by molar-refractivity contribution is 6.12. The van der Waals surface area contributed by atoms with Crippen molar-refractivity contribution in [2.45, 2.75) is 39.7 Å². The molecule has 4 rings (SSSR count). The fourth-order valence-electron chi connectivity index (χ4n) is 4.00. The van der Waals surface area contributed by atoms with Crippen LogP contribution in [0, 0.1) is 0 Å². The van der Waals surface area contributed by atoms with E-state index in [9.17, 15) is 14.4 Å². The van der Waals surface area contributed by atoms with Crippen LogP contribution in [0.2, 0.25) is 0 Å². The monoisotopic (exact) mass is 451 g/mol. The number of aryl methyl sites for hydroxylation is 1. The summed E-state index contributed by atoms with van der Waals surface area (Å²) in [7, 11) is 0. The summed E-state index contributed by atoms with van der Waals surface area (Å²) >= 11 is 0. The lowest BCUT2D eigenvalue weighted by atomic mass is 10.0. The van der Waals surface area contributed by atoms with Crippen LogP contribution in [0.15, 0.2) is 39.9 Å². The minimum Gasteiger partial charge on any atom is -0.378 e. The van der Waals surface area contributed by atoms with Gasteiger partial charge in [0.2, 0.25) is 0 Å². The Kier molecular flexibility index (Phi) is 6.60. The lowest BCUT2D eigenvalue weighted by Crippen LogP contribution is -2.36. The van der Waals surface area contributed by atoms with Crippen LogP contribution in [0.3, 0.4) is 0 Å². The fourth-order valence-corrected chi connectivity index (χ4v) is 4.00. The van der Waals surface area contributed by atoms with Crippen LogP contribution >= 0.6 is 0 Å². The topological polar surface area (TPSA) is 109 Å². The lowest BCUT2D eigenvalue weighted by Gasteiger charge is -2.29. The van der Waals surface area contributed by atoms with Gasteiger partial charge in [0.05, 0.1) is 24.2 Å². The molecule has 1 saturated heterocycles. The number of anilines is 2. The number of hydrogen-bond acceptors (Lipinski definition) is 6. The Morgan fingerprint density at radius 3 is 2.67 bits per heavy atom. The number of fused-ring (bicyclic) bond motifs is 1. The second-order valence-electron chi connectivity index (χ2n) is 8.46. The molecule has 0 unspecified atom stereocenters. The number of aromatic amines is 1. The number of benzene rings is 1. The lowest BCUT2D eigenvalue weighted by molar-refractivity contribution is 0.102. The minimum absolute atomic E-state index is 0.00932. The van der Waals surface area contributed by atoms with Crippen molar-refractivity contribution in [3.8, 4) is 0 Å². The quantitative estimate of drug-likeness (QED) is 0.596. The second-order valence-corrected chi connectivity index (χ2v) is 8.46. The molecule has 1 fully saturated rings. The van der Waals surface area contributed by atoms with Crippen molar-refractivity contribution in [3.05, 3.63) is 62.4 Å². The van der Waals surface area contributed by atoms with Crippen molar-refractivity contribution in [3.63, 3.8) is 0 Å². The number of amides is 1. The third-order valence-electron chi connectivity index (χ3n) is 5.73. The van der Waals surface area contributed by atoms with E-state index in [1.54, 1.807) is 6.07 Å². The van der Waals surface area contributed by atoms with Gasteiger partial charge in [0.15, 0.2) is 5.65 Å². The highest BCUT2D eigenvalue weighted by Crippen LogP contribution is 2.23. The average molecular weight is 452 g/mol. The van der Waals surface area contributed by atoms with E-state index >= 15 is 0 Å². The number of H-pyrrole nitrogens is 1. The maximum Gasteiger partial charge on any atom is 0.329 e. The first kappa shape index (κ1) is 22.7. The van der Waals surface area contributed by atoms with Crippen molar-refractivity contribution in [1.29, 1.82) is 0 Å². The third kappa shape index (κ3) is 4.68. The molecule has 174 valence electrons. The Morgan fingerprint density at radius 2 is 1.97 bits per heavy atom. The Morgan fingerprint density at radius 1 is 1.21 bits per heavy atom. The van der Waals surface area contributed by atoms with Gasteiger partial charge in [-0.15, -0.1) is 0 Å². The van der Waals surface area contributed by atoms with Crippen molar-refractivity contribution in [2.24, 2.45) is 0 Å². The minimum atomic E-state index is -0.614. The first-order valence-electron chi connectivity index (χ1n) is 11.3. The van der Waals surface area contributed by atoms with Gasteiger partial charge in [0.25, 0.3) is 11.5 Å². The molecule has 1 aliphatic rings. The van der Waals surface area contributed by atoms with Gasteiger partial charge in [0.1, 0.15) is 0 Å². The number of carbonyl (C=O) groups excluding carboxylic acids is 1. The summed E-state index contributed by atoms with van der Waals surface area (Å²) in [6.07, 6.45) is 0.685. The number of morpholine rings is 1. The zero-order valence-corrected chi connectivity index (χ0v) is 19.2. The third-order valence-corrected chi connectivity index (χ3v) is 5.73. The van der Waals surface area contributed by atoms with Gasteiger partial charge in [-0.25, -0.2) is 9.78 Å². The number of nitrogens with one attached hydrogen (secondary N) is 2. The standard InChI is InChI=1S/C24H29N5O4/c1-4-8-29-21-20(23(31)27-24(29)32)18(14-19(26-21)15(2)3)22(30)25-16-6-5-7-17(13-16)28-9-11-33-12-10-28/h5-7,13-15H,4,8-12H2,1-3H3,(H,25,30)(H,27,31,32).